The molecule has 1 fully saturated rings. The Morgan fingerprint density at radius 2 is 1.49 bits per heavy atom. The molecule has 0 radical (unpaired) electrons. The molecule has 4 rings (SSSR count). The molecule has 1 saturated heterocycles. The number of benzene rings is 3. The van der Waals surface area contributed by atoms with Crippen molar-refractivity contribution in [3.63, 3.8) is 0 Å². The van der Waals surface area contributed by atoms with Gasteiger partial charge >= 0.3 is 0 Å². The minimum atomic E-state index is -0.881. The van der Waals surface area contributed by atoms with Crippen LogP contribution < -0.4 is 10.6 Å². The molecule has 8 nitrogen and oxygen atoms in total. The molecule has 1 aliphatic rings. The molecule has 228 valence electrons. The summed E-state index contributed by atoms with van der Waals surface area (Å²) in [6, 6.07) is 22.2. The quantitative estimate of drug-likeness (QED) is 0.319. The Morgan fingerprint density at radius 3 is 2.09 bits per heavy atom. The van der Waals surface area contributed by atoms with Gasteiger partial charge in [0.25, 0.3) is 0 Å². The first-order valence-corrected chi connectivity index (χ1v) is 14.7. The highest BCUT2D eigenvalue weighted by molar-refractivity contribution is 5.92. The molecule has 3 aromatic carbocycles. The number of amides is 3. The second-order valence-electron chi connectivity index (χ2n) is 11.0. The molecular formula is C34H41FN4O4. The SMILES string of the molecule is CNC(=O)C(Cc1ccc(F)cc1)N(C)C(=O)C(Cc1ccc(-c2ccccc2)cc1)N(C)C(=O)COCC1CCCN1. The monoisotopic (exact) mass is 588 g/mol. The third-order valence-corrected chi connectivity index (χ3v) is 8.05. The van der Waals surface area contributed by atoms with Gasteiger partial charge in [-0.3, -0.25) is 14.4 Å². The van der Waals surface area contributed by atoms with Crippen LogP contribution in [0.2, 0.25) is 0 Å². The first kappa shape index (κ1) is 31.8. The van der Waals surface area contributed by atoms with Crippen LogP contribution in [-0.4, -0.2) is 86.5 Å². The van der Waals surface area contributed by atoms with Crippen molar-refractivity contribution in [2.45, 2.75) is 43.8 Å². The van der Waals surface area contributed by atoms with Gasteiger partial charge in [-0.2, -0.15) is 0 Å². The minimum absolute atomic E-state index is 0.149. The maximum absolute atomic E-state index is 14.1. The van der Waals surface area contributed by atoms with E-state index in [-0.39, 0.29) is 49.0 Å². The van der Waals surface area contributed by atoms with Crippen molar-refractivity contribution in [3.8, 4) is 11.1 Å². The number of rotatable bonds is 13. The predicted octanol–water partition coefficient (Wildman–Crippen LogP) is 3.45. The molecule has 0 bridgehead atoms. The zero-order valence-corrected chi connectivity index (χ0v) is 25.1. The molecule has 3 aromatic rings. The number of hydrogen-bond acceptors (Lipinski definition) is 5. The topological polar surface area (TPSA) is 91.0 Å². The third-order valence-electron chi connectivity index (χ3n) is 8.05. The van der Waals surface area contributed by atoms with Gasteiger partial charge in [-0.1, -0.05) is 66.7 Å². The van der Waals surface area contributed by atoms with Gasteiger partial charge in [0.1, 0.15) is 24.5 Å². The van der Waals surface area contributed by atoms with E-state index in [4.69, 9.17) is 4.74 Å². The van der Waals surface area contributed by atoms with E-state index in [0.717, 1.165) is 36.1 Å². The van der Waals surface area contributed by atoms with Gasteiger partial charge in [-0.15, -0.1) is 0 Å². The predicted molar refractivity (Wildman–Crippen MR) is 165 cm³/mol. The summed E-state index contributed by atoms with van der Waals surface area (Å²) in [6.45, 7) is 1.22. The van der Waals surface area contributed by atoms with Crippen LogP contribution in [0.1, 0.15) is 24.0 Å². The summed E-state index contributed by atoms with van der Waals surface area (Å²) >= 11 is 0. The zero-order valence-electron chi connectivity index (χ0n) is 25.1. The number of halogens is 1. The fourth-order valence-corrected chi connectivity index (χ4v) is 5.34. The largest absolute Gasteiger partial charge is 0.370 e. The van der Waals surface area contributed by atoms with Crippen molar-refractivity contribution < 1.29 is 23.5 Å². The molecule has 43 heavy (non-hydrogen) atoms. The Bertz CT molecular complexity index is 1350. The Hall–Kier alpha value is -4.08. The molecule has 2 N–H and O–H groups in total. The number of nitrogens with one attached hydrogen (secondary N) is 2. The Labute approximate surface area is 253 Å². The highest BCUT2D eigenvalue weighted by Gasteiger charge is 2.35. The van der Waals surface area contributed by atoms with E-state index < -0.39 is 12.1 Å². The molecule has 0 aliphatic carbocycles. The number of nitrogens with zero attached hydrogens (tertiary/aromatic N) is 2. The number of carbonyl (C=O) groups excluding carboxylic acids is 3. The van der Waals surface area contributed by atoms with E-state index in [1.54, 1.807) is 26.2 Å². The summed E-state index contributed by atoms with van der Waals surface area (Å²) < 4.78 is 19.2. The second-order valence-corrected chi connectivity index (χ2v) is 11.0. The van der Waals surface area contributed by atoms with E-state index in [1.165, 1.54) is 29.0 Å². The molecule has 3 atom stereocenters. The summed E-state index contributed by atoms with van der Waals surface area (Å²) in [5.74, 6) is -1.43. The molecule has 0 saturated carbocycles. The van der Waals surface area contributed by atoms with Crippen LogP contribution in [0.5, 0.6) is 0 Å². The lowest BCUT2D eigenvalue weighted by Crippen LogP contribution is -2.56. The van der Waals surface area contributed by atoms with Crippen LogP contribution >= 0.6 is 0 Å². The van der Waals surface area contributed by atoms with E-state index in [0.29, 0.717) is 12.2 Å². The smallest absolute Gasteiger partial charge is 0.249 e. The van der Waals surface area contributed by atoms with Crippen LogP contribution in [-0.2, 0) is 32.0 Å². The average molecular weight is 589 g/mol. The lowest BCUT2D eigenvalue weighted by atomic mass is 9.98. The fraction of sp³-hybridized carbons (Fsp3) is 0.382. The normalized spacial score (nSPS) is 15.9. The molecule has 0 aromatic heterocycles. The van der Waals surface area contributed by atoms with Gasteiger partial charge in [0.2, 0.25) is 17.7 Å². The van der Waals surface area contributed by atoms with Crippen molar-refractivity contribution >= 4 is 17.7 Å². The Kier molecular flexibility index (Phi) is 11.4. The van der Waals surface area contributed by atoms with Crippen molar-refractivity contribution in [3.05, 3.63) is 95.8 Å². The summed E-state index contributed by atoms with van der Waals surface area (Å²) in [5.41, 5.74) is 3.71. The summed E-state index contributed by atoms with van der Waals surface area (Å²) in [7, 11) is 4.68. The molecular weight excluding hydrogens is 547 g/mol. The van der Waals surface area contributed by atoms with E-state index in [1.807, 2.05) is 54.6 Å². The highest BCUT2D eigenvalue weighted by Crippen LogP contribution is 2.21. The lowest BCUT2D eigenvalue weighted by molar-refractivity contribution is -0.149. The van der Waals surface area contributed by atoms with Crippen LogP contribution in [0.15, 0.2) is 78.9 Å². The van der Waals surface area contributed by atoms with Crippen molar-refractivity contribution in [1.82, 2.24) is 20.4 Å². The Balaban J connectivity index is 1.54. The maximum atomic E-state index is 14.1. The first-order valence-electron chi connectivity index (χ1n) is 14.7. The highest BCUT2D eigenvalue weighted by atomic mass is 19.1. The fourth-order valence-electron chi connectivity index (χ4n) is 5.34. The minimum Gasteiger partial charge on any atom is -0.370 e. The van der Waals surface area contributed by atoms with E-state index in [2.05, 4.69) is 10.6 Å². The molecule has 0 spiro atoms. The Morgan fingerprint density at radius 1 is 0.884 bits per heavy atom. The molecule has 1 aliphatic heterocycles. The standard InChI is InChI=1S/C34H41FN4O4/c1-36-33(41)30(20-25-13-17-28(35)18-14-25)39(3)34(42)31(38(2)32(40)23-43-22-29-10-7-19-37-29)21-24-11-15-27(16-12-24)26-8-5-4-6-9-26/h4-6,8-9,11-18,29-31,37H,7,10,19-23H2,1-3H3,(H,36,41). The van der Waals surface area contributed by atoms with Gasteiger partial charge in [-0.05, 0) is 53.8 Å². The van der Waals surface area contributed by atoms with Crippen LogP contribution in [0, 0.1) is 5.82 Å². The molecule has 3 amide bonds. The molecule has 3 unspecified atom stereocenters. The molecule has 1 heterocycles. The first-order chi connectivity index (χ1) is 20.8. The van der Waals surface area contributed by atoms with Gasteiger partial charge < -0.3 is 25.2 Å². The van der Waals surface area contributed by atoms with Crippen molar-refractivity contribution in [2.24, 2.45) is 0 Å². The number of carbonyl (C=O) groups is 3. The van der Waals surface area contributed by atoms with Crippen molar-refractivity contribution in [1.29, 1.82) is 0 Å². The molecule has 9 heteroatoms. The van der Waals surface area contributed by atoms with E-state index >= 15 is 0 Å². The number of ether oxygens (including phenoxy) is 1. The van der Waals surface area contributed by atoms with Crippen LogP contribution in [0.3, 0.4) is 0 Å². The lowest BCUT2D eigenvalue weighted by Gasteiger charge is -2.34. The maximum Gasteiger partial charge on any atom is 0.249 e. The third kappa shape index (κ3) is 8.72. The zero-order chi connectivity index (χ0) is 30.8. The number of likely N-dealkylation sites (N-methyl/N-ethyl adjacent to an activating group) is 3. The van der Waals surface area contributed by atoms with Gasteiger partial charge in [0.15, 0.2) is 0 Å². The summed E-state index contributed by atoms with van der Waals surface area (Å²) in [4.78, 5) is 43.2. The van der Waals surface area contributed by atoms with Crippen LogP contribution in [0.4, 0.5) is 4.39 Å². The average Bonchev–Trinajstić information content (AvgIpc) is 3.56. The number of hydrogen-bond donors (Lipinski definition) is 2. The second kappa shape index (κ2) is 15.4. The van der Waals surface area contributed by atoms with E-state index in [9.17, 15) is 18.8 Å². The van der Waals surface area contributed by atoms with Crippen LogP contribution in [0.25, 0.3) is 11.1 Å². The summed E-state index contributed by atoms with van der Waals surface area (Å²) in [5, 5.41) is 5.98. The van der Waals surface area contributed by atoms with Gasteiger partial charge in [0.05, 0.1) is 6.61 Å². The summed E-state index contributed by atoms with van der Waals surface area (Å²) in [6.07, 6.45) is 2.53. The van der Waals surface area contributed by atoms with Crippen molar-refractivity contribution in [2.75, 3.05) is 40.9 Å². The van der Waals surface area contributed by atoms with Gasteiger partial charge in [-0.25, -0.2) is 4.39 Å². The van der Waals surface area contributed by atoms with Gasteiger partial charge in [0, 0.05) is 40.0 Å².